The Balaban J connectivity index is 2.02. The van der Waals surface area contributed by atoms with E-state index in [2.05, 4.69) is 10.6 Å². The fourth-order valence-corrected chi connectivity index (χ4v) is 2.47. The third kappa shape index (κ3) is 3.72. The molecule has 1 saturated heterocycles. The van der Waals surface area contributed by atoms with Gasteiger partial charge in [-0.2, -0.15) is 0 Å². The molecule has 0 unspecified atom stereocenters. The number of nitrogens with one attached hydrogen (secondary N) is 2. The van der Waals surface area contributed by atoms with Gasteiger partial charge in [-0.15, -0.1) is 0 Å². The summed E-state index contributed by atoms with van der Waals surface area (Å²) in [5.41, 5.74) is 6.40. The summed E-state index contributed by atoms with van der Waals surface area (Å²) in [4.78, 5) is 23.6. The molecule has 0 radical (unpaired) electrons. The van der Waals surface area contributed by atoms with Crippen molar-refractivity contribution in [2.45, 2.75) is 25.0 Å². The summed E-state index contributed by atoms with van der Waals surface area (Å²) in [5.74, 6) is -0.502. The largest absolute Gasteiger partial charge is 0.364 e. The van der Waals surface area contributed by atoms with Crippen LogP contribution >= 0.6 is 11.6 Å². The Bertz CT molecular complexity index is 550. The normalized spacial score (nSPS) is 21.1. The van der Waals surface area contributed by atoms with Gasteiger partial charge in [-0.3, -0.25) is 9.59 Å². The third-order valence-electron chi connectivity index (χ3n) is 3.37. The van der Waals surface area contributed by atoms with Gasteiger partial charge in [0.15, 0.2) is 0 Å². The zero-order valence-electron chi connectivity index (χ0n) is 11.7. The average Bonchev–Trinajstić information content (AvgIpc) is 2.95. The number of benzene rings is 1. The predicted molar refractivity (Wildman–Crippen MR) is 80.4 cm³/mol. The molecule has 1 aliphatic heterocycles. The lowest BCUT2D eigenvalue weighted by atomic mass is 10.1. The van der Waals surface area contributed by atoms with Crippen LogP contribution in [0.15, 0.2) is 18.2 Å². The molecule has 0 saturated carbocycles. The van der Waals surface area contributed by atoms with Crippen molar-refractivity contribution >= 4 is 29.1 Å². The lowest BCUT2D eigenvalue weighted by Crippen LogP contribution is -2.29. The van der Waals surface area contributed by atoms with Crippen LogP contribution in [0.1, 0.15) is 23.2 Å². The number of amides is 2. The fourth-order valence-electron chi connectivity index (χ4n) is 2.21. The van der Waals surface area contributed by atoms with Gasteiger partial charge in [0, 0.05) is 19.3 Å². The first-order chi connectivity index (χ1) is 10.0. The molecule has 1 aliphatic rings. The van der Waals surface area contributed by atoms with Crippen molar-refractivity contribution in [3.05, 3.63) is 28.8 Å². The number of anilines is 1. The Morgan fingerprint density at radius 3 is 2.76 bits per heavy atom. The maximum Gasteiger partial charge on any atom is 0.253 e. The van der Waals surface area contributed by atoms with Gasteiger partial charge in [-0.05, 0) is 31.0 Å². The van der Waals surface area contributed by atoms with Gasteiger partial charge >= 0.3 is 0 Å². The highest BCUT2D eigenvalue weighted by molar-refractivity contribution is 6.34. The molecule has 4 N–H and O–H groups in total. The number of carbonyl (C=O) groups excluding carboxylic acids is 2. The SMILES string of the molecule is CNC(=O)c1ccc(NC(=O)[C@@H]2CC[C@H](CN)O2)cc1Cl. The minimum absolute atomic E-state index is 0.0556. The van der Waals surface area contributed by atoms with E-state index in [1.54, 1.807) is 18.2 Å². The molecule has 6 nitrogen and oxygen atoms in total. The molecule has 1 aromatic carbocycles. The quantitative estimate of drug-likeness (QED) is 0.777. The first-order valence-corrected chi connectivity index (χ1v) is 7.11. The Labute approximate surface area is 128 Å². The number of hydrogen-bond donors (Lipinski definition) is 3. The average molecular weight is 312 g/mol. The Hall–Kier alpha value is -1.63. The van der Waals surface area contributed by atoms with Gasteiger partial charge in [0.2, 0.25) is 0 Å². The molecule has 1 heterocycles. The predicted octanol–water partition coefficient (Wildman–Crippen LogP) is 1.14. The highest BCUT2D eigenvalue weighted by Crippen LogP contribution is 2.23. The lowest BCUT2D eigenvalue weighted by molar-refractivity contribution is -0.126. The van der Waals surface area contributed by atoms with Gasteiger partial charge in [0.1, 0.15) is 6.10 Å². The maximum atomic E-state index is 12.1. The van der Waals surface area contributed by atoms with Crippen LogP contribution in [0.3, 0.4) is 0 Å². The summed E-state index contributed by atoms with van der Waals surface area (Å²) in [6.07, 6.45) is 0.888. The van der Waals surface area contributed by atoms with E-state index in [1.165, 1.54) is 7.05 Å². The molecule has 1 aromatic rings. The molecule has 21 heavy (non-hydrogen) atoms. The van der Waals surface area contributed by atoms with E-state index in [1.807, 2.05) is 0 Å². The molecule has 7 heteroatoms. The number of ether oxygens (including phenoxy) is 1. The van der Waals surface area contributed by atoms with Gasteiger partial charge in [0.05, 0.1) is 16.7 Å². The van der Waals surface area contributed by atoms with Gasteiger partial charge in [-0.25, -0.2) is 0 Å². The van der Waals surface area contributed by atoms with E-state index in [0.29, 0.717) is 24.2 Å². The lowest BCUT2D eigenvalue weighted by Gasteiger charge is -2.13. The number of hydrogen-bond acceptors (Lipinski definition) is 4. The van der Waals surface area contributed by atoms with Crippen LogP contribution in [0, 0.1) is 0 Å². The van der Waals surface area contributed by atoms with E-state index in [0.717, 1.165) is 6.42 Å². The fraction of sp³-hybridized carbons (Fsp3) is 0.429. The monoisotopic (exact) mass is 311 g/mol. The second kappa shape index (κ2) is 6.89. The van der Waals surface area contributed by atoms with Crippen molar-refractivity contribution in [1.82, 2.24) is 5.32 Å². The van der Waals surface area contributed by atoms with Crippen LogP contribution in [0.25, 0.3) is 0 Å². The van der Waals surface area contributed by atoms with Crippen LogP contribution in [0.4, 0.5) is 5.69 Å². The molecule has 0 aromatic heterocycles. The Kier molecular flexibility index (Phi) is 5.17. The van der Waals surface area contributed by atoms with Crippen LogP contribution in [-0.2, 0) is 9.53 Å². The van der Waals surface area contributed by atoms with E-state index >= 15 is 0 Å². The minimum atomic E-state index is -0.490. The third-order valence-corrected chi connectivity index (χ3v) is 3.68. The van der Waals surface area contributed by atoms with Crippen molar-refractivity contribution in [2.24, 2.45) is 5.73 Å². The molecule has 114 valence electrons. The highest BCUT2D eigenvalue weighted by Gasteiger charge is 2.29. The van der Waals surface area contributed by atoms with Gasteiger partial charge in [0.25, 0.3) is 11.8 Å². The van der Waals surface area contributed by atoms with E-state index in [9.17, 15) is 9.59 Å². The van der Waals surface area contributed by atoms with Crippen LogP contribution in [0.5, 0.6) is 0 Å². The number of nitrogens with two attached hydrogens (primary N) is 1. The van der Waals surface area contributed by atoms with Crippen molar-refractivity contribution < 1.29 is 14.3 Å². The molecule has 0 aliphatic carbocycles. The standard InChI is InChI=1S/C14H18ClN3O3/c1-17-13(19)10-4-2-8(6-11(10)15)18-14(20)12-5-3-9(7-16)21-12/h2,4,6,9,12H,3,5,7,16H2,1H3,(H,17,19)(H,18,20)/t9-,12+/m1/s1. The van der Waals surface area contributed by atoms with Crippen LogP contribution in [-0.4, -0.2) is 37.6 Å². The summed E-state index contributed by atoms with van der Waals surface area (Å²) in [5, 5.41) is 5.51. The van der Waals surface area contributed by atoms with E-state index in [4.69, 9.17) is 22.1 Å². The van der Waals surface area contributed by atoms with Gasteiger partial charge < -0.3 is 21.1 Å². The second-order valence-electron chi connectivity index (χ2n) is 4.82. The van der Waals surface area contributed by atoms with Crippen LogP contribution in [0.2, 0.25) is 5.02 Å². The first kappa shape index (κ1) is 15.8. The Morgan fingerprint density at radius 2 is 2.19 bits per heavy atom. The molecule has 2 rings (SSSR count). The highest BCUT2D eigenvalue weighted by atomic mass is 35.5. The van der Waals surface area contributed by atoms with E-state index < -0.39 is 6.10 Å². The molecule has 1 fully saturated rings. The molecule has 2 atom stereocenters. The second-order valence-corrected chi connectivity index (χ2v) is 5.23. The van der Waals surface area contributed by atoms with Crippen LogP contribution < -0.4 is 16.4 Å². The van der Waals surface area contributed by atoms with Crippen molar-refractivity contribution in [3.8, 4) is 0 Å². The smallest absolute Gasteiger partial charge is 0.253 e. The molecular formula is C14H18ClN3O3. The zero-order valence-corrected chi connectivity index (χ0v) is 12.4. The van der Waals surface area contributed by atoms with Gasteiger partial charge in [-0.1, -0.05) is 11.6 Å². The van der Waals surface area contributed by atoms with Crippen molar-refractivity contribution in [1.29, 1.82) is 0 Å². The van der Waals surface area contributed by atoms with E-state index in [-0.39, 0.29) is 22.9 Å². The number of rotatable bonds is 4. The Morgan fingerprint density at radius 1 is 1.43 bits per heavy atom. The molecule has 0 bridgehead atoms. The molecular weight excluding hydrogens is 294 g/mol. The van der Waals surface area contributed by atoms with Crippen molar-refractivity contribution in [3.63, 3.8) is 0 Å². The topological polar surface area (TPSA) is 93.5 Å². The summed E-state index contributed by atoms with van der Waals surface area (Å²) in [6, 6.07) is 4.73. The zero-order chi connectivity index (χ0) is 15.4. The van der Waals surface area contributed by atoms with Crippen molar-refractivity contribution in [2.75, 3.05) is 18.9 Å². The summed E-state index contributed by atoms with van der Waals surface area (Å²) < 4.78 is 5.52. The maximum absolute atomic E-state index is 12.1. The summed E-state index contributed by atoms with van der Waals surface area (Å²) in [7, 11) is 1.53. The number of carbonyl (C=O) groups is 2. The first-order valence-electron chi connectivity index (χ1n) is 6.73. The summed E-state index contributed by atoms with van der Waals surface area (Å²) in [6.45, 7) is 0.413. The summed E-state index contributed by atoms with van der Waals surface area (Å²) >= 11 is 6.03. The minimum Gasteiger partial charge on any atom is -0.364 e. The molecule has 2 amide bonds. The molecule has 0 spiro atoms. The number of halogens is 1.